The third-order valence-corrected chi connectivity index (χ3v) is 7.20. The number of thiophene rings is 1. The first kappa shape index (κ1) is 20.6. The van der Waals surface area contributed by atoms with E-state index in [0.29, 0.717) is 18.5 Å². The summed E-state index contributed by atoms with van der Waals surface area (Å²) >= 11 is 1.75. The SMILES string of the molecule is CN(CC1CC1)[C@@H]1CCCC[C@H]1N(C)C(=O)Cc1cccc2sccc12.Cl. The Kier molecular flexibility index (Phi) is 6.83. The molecule has 1 aromatic heterocycles. The Labute approximate surface area is 173 Å². The predicted octanol–water partition coefficient (Wildman–Crippen LogP) is 4.98. The molecule has 2 aliphatic rings. The van der Waals surface area contributed by atoms with Crippen LogP contribution in [0.2, 0.25) is 0 Å². The average Bonchev–Trinajstić information content (AvgIpc) is 3.33. The van der Waals surface area contributed by atoms with E-state index in [2.05, 4.69) is 46.5 Å². The standard InChI is InChI=1S/C22H30N2OS.ClH/c1-23(15-16-10-11-16)19-7-3-4-8-20(19)24(2)22(25)14-17-6-5-9-21-18(17)12-13-26-21;/h5-6,9,12-13,16,19-20H,3-4,7-8,10-11,14-15H2,1-2H3;1H/t19-,20-;/m1./s1. The Balaban J connectivity index is 0.00000210. The van der Waals surface area contributed by atoms with Gasteiger partial charge >= 0.3 is 0 Å². The van der Waals surface area contributed by atoms with Crippen molar-refractivity contribution in [2.24, 2.45) is 5.92 Å². The zero-order chi connectivity index (χ0) is 18.1. The van der Waals surface area contributed by atoms with E-state index in [-0.39, 0.29) is 18.3 Å². The van der Waals surface area contributed by atoms with Gasteiger partial charge in [0, 0.05) is 30.4 Å². The summed E-state index contributed by atoms with van der Waals surface area (Å²) in [5, 5.41) is 3.36. The molecule has 0 radical (unpaired) electrons. The Morgan fingerprint density at radius 2 is 1.81 bits per heavy atom. The van der Waals surface area contributed by atoms with Crippen LogP contribution in [0.25, 0.3) is 10.1 Å². The lowest BCUT2D eigenvalue weighted by Gasteiger charge is -2.42. The first-order valence-corrected chi connectivity index (χ1v) is 10.9. The second-order valence-electron chi connectivity index (χ2n) is 8.23. The molecule has 1 heterocycles. The second-order valence-corrected chi connectivity index (χ2v) is 9.18. The Bertz CT molecular complexity index is 773. The average molecular weight is 407 g/mol. The van der Waals surface area contributed by atoms with Crippen molar-refractivity contribution in [1.29, 1.82) is 0 Å². The first-order valence-electron chi connectivity index (χ1n) is 10.0. The van der Waals surface area contributed by atoms with Crippen LogP contribution in [0.3, 0.4) is 0 Å². The van der Waals surface area contributed by atoms with E-state index in [1.165, 1.54) is 54.3 Å². The van der Waals surface area contributed by atoms with Gasteiger partial charge in [-0.15, -0.1) is 23.7 Å². The minimum atomic E-state index is 0. The summed E-state index contributed by atoms with van der Waals surface area (Å²) in [4.78, 5) is 17.7. The van der Waals surface area contributed by atoms with Crippen LogP contribution in [0.1, 0.15) is 44.1 Å². The molecule has 0 bridgehead atoms. The molecular formula is C22H31ClN2OS. The molecule has 0 spiro atoms. The molecule has 1 amide bonds. The largest absolute Gasteiger partial charge is 0.341 e. The summed E-state index contributed by atoms with van der Waals surface area (Å²) in [6.45, 7) is 1.21. The van der Waals surface area contributed by atoms with E-state index in [4.69, 9.17) is 0 Å². The van der Waals surface area contributed by atoms with Gasteiger partial charge in [0.2, 0.25) is 5.91 Å². The van der Waals surface area contributed by atoms with Crippen LogP contribution in [0.5, 0.6) is 0 Å². The monoisotopic (exact) mass is 406 g/mol. The molecule has 0 aliphatic heterocycles. The van der Waals surface area contributed by atoms with Crippen LogP contribution in [-0.2, 0) is 11.2 Å². The van der Waals surface area contributed by atoms with Crippen LogP contribution in [0, 0.1) is 5.92 Å². The van der Waals surface area contributed by atoms with Gasteiger partial charge in [0.25, 0.3) is 0 Å². The Hall–Kier alpha value is -1.10. The van der Waals surface area contributed by atoms with Crippen LogP contribution in [-0.4, -0.2) is 48.4 Å². The molecule has 1 aromatic carbocycles. The topological polar surface area (TPSA) is 23.6 Å². The van der Waals surface area contributed by atoms with Gasteiger partial charge in [-0.1, -0.05) is 25.0 Å². The molecule has 5 heteroatoms. The number of hydrogen-bond acceptors (Lipinski definition) is 3. The zero-order valence-corrected chi connectivity index (χ0v) is 18.0. The zero-order valence-electron chi connectivity index (χ0n) is 16.4. The minimum Gasteiger partial charge on any atom is -0.341 e. The molecule has 0 unspecified atom stereocenters. The van der Waals surface area contributed by atoms with Gasteiger partial charge in [-0.05, 0) is 67.1 Å². The van der Waals surface area contributed by atoms with E-state index >= 15 is 0 Å². The molecule has 148 valence electrons. The summed E-state index contributed by atoms with van der Waals surface area (Å²) in [7, 11) is 4.30. The quantitative estimate of drug-likeness (QED) is 0.675. The molecule has 2 aliphatic carbocycles. The summed E-state index contributed by atoms with van der Waals surface area (Å²) in [6.07, 6.45) is 8.21. The molecule has 0 saturated heterocycles. The highest BCUT2D eigenvalue weighted by atomic mass is 35.5. The van der Waals surface area contributed by atoms with Gasteiger partial charge in [-0.25, -0.2) is 0 Å². The van der Waals surface area contributed by atoms with E-state index in [9.17, 15) is 4.79 Å². The lowest BCUT2D eigenvalue weighted by atomic mass is 9.88. The van der Waals surface area contributed by atoms with E-state index in [1.54, 1.807) is 11.3 Å². The highest BCUT2D eigenvalue weighted by Crippen LogP contribution is 2.33. The lowest BCUT2D eigenvalue weighted by Crippen LogP contribution is -2.53. The van der Waals surface area contributed by atoms with Crippen molar-refractivity contribution < 1.29 is 4.79 Å². The van der Waals surface area contributed by atoms with Gasteiger partial charge < -0.3 is 9.80 Å². The number of likely N-dealkylation sites (N-methyl/N-ethyl adjacent to an activating group) is 2. The molecule has 2 atom stereocenters. The van der Waals surface area contributed by atoms with Crippen molar-refractivity contribution in [3.8, 4) is 0 Å². The number of fused-ring (bicyclic) bond motifs is 1. The maximum atomic E-state index is 13.1. The highest BCUT2D eigenvalue weighted by molar-refractivity contribution is 7.17. The fourth-order valence-electron chi connectivity index (χ4n) is 4.58. The fraction of sp³-hybridized carbons (Fsp3) is 0.591. The van der Waals surface area contributed by atoms with Crippen LogP contribution in [0.4, 0.5) is 0 Å². The number of rotatable bonds is 6. The van der Waals surface area contributed by atoms with Crippen molar-refractivity contribution in [2.45, 2.75) is 57.0 Å². The molecule has 27 heavy (non-hydrogen) atoms. The van der Waals surface area contributed by atoms with E-state index in [0.717, 1.165) is 12.3 Å². The molecule has 2 fully saturated rings. The van der Waals surface area contributed by atoms with Crippen molar-refractivity contribution in [3.63, 3.8) is 0 Å². The summed E-state index contributed by atoms with van der Waals surface area (Å²) in [5.74, 6) is 1.17. The molecule has 2 aromatic rings. The van der Waals surface area contributed by atoms with Crippen LogP contribution < -0.4 is 0 Å². The van der Waals surface area contributed by atoms with Gasteiger partial charge in [0.05, 0.1) is 6.42 Å². The summed E-state index contributed by atoms with van der Waals surface area (Å²) in [5.41, 5.74) is 1.17. The van der Waals surface area contributed by atoms with Crippen molar-refractivity contribution >= 4 is 39.7 Å². The number of carbonyl (C=O) groups excluding carboxylic acids is 1. The predicted molar refractivity (Wildman–Crippen MR) is 117 cm³/mol. The Morgan fingerprint density at radius 1 is 1.07 bits per heavy atom. The number of benzene rings is 1. The number of amides is 1. The van der Waals surface area contributed by atoms with E-state index < -0.39 is 0 Å². The normalized spacial score (nSPS) is 22.6. The Morgan fingerprint density at radius 3 is 2.56 bits per heavy atom. The van der Waals surface area contributed by atoms with Gasteiger partial charge in [-0.3, -0.25) is 4.79 Å². The van der Waals surface area contributed by atoms with Gasteiger partial charge in [-0.2, -0.15) is 0 Å². The third-order valence-electron chi connectivity index (χ3n) is 6.32. The maximum Gasteiger partial charge on any atom is 0.227 e. The smallest absolute Gasteiger partial charge is 0.227 e. The molecular weight excluding hydrogens is 376 g/mol. The fourth-order valence-corrected chi connectivity index (χ4v) is 5.42. The van der Waals surface area contributed by atoms with Crippen molar-refractivity contribution in [2.75, 3.05) is 20.6 Å². The maximum absolute atomic E-state index is 13.1. The van der Waals surface area contributed by atoms with Crippen LogP contribution >= 0.6 is 23.7 Å². The van der Waals surface area contributed by atoms with Crippen molar-refractivity contribution in [3.05, 3.63) is 35.2 Å². The highest BCUT2D eigenvalue weighted by Gasteiger charge is 2.35. The first-order chi connectivity index (χ1) is 12.6. The number of carbonyl (C=O) groups is 1. The minimum absolute atomic E-state index is 0. The molecule has 4 rings (SSSR count). The summed E-state index contributed by atoms with van der Waals surface area (Å²) < 4.78 is 1.28. The number of halogens is 1. The van der Waals surface area contributed by atoms with Gasteiger partial charge in [0.15, 0.2) is 0 Å². The third kappa shape index (κ3) is 4.67. The summed E-state index contributed by atoms with van der Waals surface area (Å²) in [6, 6.07) is 9.36. The van der Waals surface area contributed by atoms with E-state index in [1.807, 2.05) is 7.05 Å². The number of nitrogens with zero attached hydrogens (tertiary/aromatic N) is 2. The second kappa shape index (κ2) is 8.93. The molecule has 3 nitrogen and oxygen atoms in total. The molecule has 0 N–H and O–H groups in total. The lowest BCUT2D eigenvalue weighted by molar-refractivity contribution is -0.133. The van der Waals surface area contributed by atoms with Gasteiger partial charge in [0.1, 0.15) is 0 Å². The van der Waals surface area contributed by atoms with Crippen LogP contribution in [0.15, 0.2) is 29.6 Å². The molecule has 2 saturated carbocycles. The van der Waals surface area contributed by atoms with Crippen molar-refractivity contribution in [1.82, 2.24) is 9.80 Å². The number of hydrogen-bond donors (Lipinski definition) is 0.